The van der Waals surface area contributed by atoms with Crippen molar-refractivity contribution in [3.8, 4) is 0 Å². The molecule has 1 amide bonds. The van der Waals surface area contributed by atoms with Gasteiger partial charge in [-0.1, -0.05) is 13.0 Å². The maximum atomic E-state index is 11.8. The zero-order chi connectivity index (χ0) is 14.7. The first-order valence-electron chi connectivity index (χ1n) is 6.99. The Morgan fingerprint density at radius 1 is 1.50 bits per heavy atom. The van der Waals surface area contributed by atoms with E-state index in [9.17, 15) is 4.79 Å². The van der Waals surface area contributed by atoms with E-state index in [0.717, 1.165) is 17.5 Å². The fourth-order valence-corrected chi connectivity index (χ4v) is 2.46. The average Bonchev–Trinajstić information content (AvgIpc) is 2.70. The Morgan fingerprint density at radius 3 is 2.95 bits per heavy atom. The van der Waals surface area contributed by atoms with Crippen molar-refractivity contribution in [2.45, 2.75) is 46.2 Å². The normalized spacial score (nSPS) is 12.6. The van der Waals surface area contributed by atoms with Crippen molar-refractivity contribution in [1.29, 1.82) is 0 Å². The van der Waals surface area contributed by atoms with Crippen LogP contribution in [0, 0.1) is 11.7 Å². The van der Waals surface area contributed by atoms with Crippen molar-refractivity contribution < 1.29 is 4.79 Å². The highest BCUT2D eigenvalue weighted by Crippen LogP contribution is 2.16. The smallest absolute Gasteiger partial charge is 0.222 e. The molecule has 0 aliphatic rings. The van der Waals surface area contributed by atoms with E-state index in [-0.39, 0.29) is 11.9 Å². The molecule has 2 rings (SSSR count). The molecule has 1 atom stereocenters. The number of carbonyl (C=O) groups is 1. The number of H-pyrrole nitrogens is 1. The van der Waals surface area contributed by atoms with Gasteiger partial charge in [0.05, 0.1) is 11.0 Å². The Balaban J connectivity index is 2.12. The minimum absolute atomic E-state index is 0.0720. The Hall–Kier alpha value is -1.62. The molecule has 0 saturated heterocycles. The van der Waals surface area contributed by atoms with Crippen LogP contribution in [0.5, 0.6) is 0 Å². The molecule has 2 N–H and O–H groups in total. The molecule has 5 heteroatoms. The lowest BCUT2D eigenvalue weighted by Gasteiger charge is -2.11. The van der Waals surface area contributed by atoms with E-state index < -0.39 is 0 Å². The molecule has 0 bridgehead atoms. The summed E-state index contributed by atoms with van der Waals surface area (Å²) in [5, 5.41) is 2.97. The van der Waals surface area contributed by atoms with E-state index in [0.29, 0.717) is 17.7 Å². The van der Waals surface area contributed by atoms with Crippen LogP contribution in [0.25, 0.3) is 11.0 Å². The highest BCUT2D eigenvalue weighted by Gasteiger charge is 2.08. The second-order valence-electron chi connectivity index (χ2n) is 5.23. The summed E-state index contributed by atoms with van der Waals surface area (Å²) in [7, 11) is 0. The first-order valence-corrected chi connectivity index (χ1v) is 7.40. The minimum atomic E-state index is 0.0720. The molecule has 1 aromatic heterocycles. The Bertz CT molecular complexity index is 671. The molecule has 0 saturated carbocycles. The first kappa shape index (κ1) is 14.8. The van der Waals surface area contributed by atoms with Crippen LogP contribution in [0.2, 0.25) is 0 Å². The van der Waals surface area contributed by atoms with E-state index in [1.807, 2.05) is 24.5 Å². The summed E-state index contributed by atoms with van der Waals surface area (Å²) in [6.07, 6.45) is 1.39. The van der Waals surface area contributed by atoms with Crippen molar-refractivity contribution in [2.24, 2.45) is 0 Å². The van der Waals surface area contributed by atoms with E-state index in [4.69, 9.17) is 12.2 Å². The Kier molecular flexibility index (Phi) is 4.60. The molecule has 108 valence electrons. The summed E-state index contributed by atoms with van der Waals surface area (Å²) in [6.45, 7) is 6.72. The summed E-state index contributed by atoms with van der Waals surface area (Å²) in [5.41, 5.74) is 3.27. The lowest BCUT2D eigenvalue weighted by atomic mass is 10.2. The predicted molar refractivity (Wildman–Crippen MR) is 84.4 cm³/mol. The molecule has 2 aromatic rings. The average molecular weight is 291 g/mol. The van der Waals surface area contributed by atoms with Gasteiger partial charge < -0.3 is 14.9 Å². The summed E-state index contributed by atoms with van der Waals surface area (Å²) in [5.74, 6) is 0.0720. The van der Waals surface area contributed by atoms with Crippen LogP contribution in [0.1, 0.15) is 32.3 Å². The van der Waals surface area contributed by atoms with E-state index >= 15 is 0 Å². The summed E-state index contributed by atoms with van der Waals surface area (Å²) < 4.78 is 2.65. The van der Waals surface area contributed by atoms with E-state index in [2.05, 4.69) is 29.4 Å². The van der Waals surface area contributed by atoms with Crippen LogP contribution in [-0.4, -0.2) is 21.5 Å². The number of aryl methyl sites for hydroxylation is 2. The Labute approximate surface area is 124 Å². The van der Waals surface area contributed by atoms with Gasteiger partial charge in [0, 0.05) is 19.0 Å². The van der Waals surface area contributed by atoms with Crippen LogP contribution in [0.3, 0.4) is 0 Å². The summed E-state index contributed by atoms with van der Waals surface area (Å²) >= 11 is 5.33. The number of fused-ring (bicyclic) bond motifs is 1. The van der Waals surface area contributed by atoms with Gasteiger partial charge in [-0.15, -0.1) is 0 Å². The van der Waals surface area contributed by atoms with Gasteiger partial charge in [0.2, 0.25) is 5.91 Å². The summed E-state index contributed by atoms with van der Waals surface area (Å²) in [4.78, 5) is 15.0. The van der Waals surface area contributed by atoms with Gasteiger partial charge in [-0.25, -0.2) is 0 Å². The third-order valence-electron chi connectivity index (χ3n) is 3.51. The number of benzene rings is 1. The van der Waals surface area contributed by atoms with Gasteiger partial charge in [-0.2, -0.15) is 0 Å². The lowest BCUT2D eigenvalue weighted by molar-refractivity contribution is -0.121. The van der Waals surface area contributed by atoms with Gasteiger partial charge in [-0.3, -0.25) is 4.79 Å². The molecule has 0 aliphatic heterocycles. The number of carbonyl (C=O) groups excluding carboxylic acids is 1. The van der Waals surface area contributed by atoms with Gasteiger partial charge in [0.15, 0.2) is 4.77 Å². The fourth-order valence-electron chi connectivity index (χ4n) is 2.16. The Morgan fingerprint density at radius 2 is 2.25 bits per heavy atom. The molecule has 0 aliphatic carbocycles. The van der Waals surface area contributed by atoms with Gasteiger partial charge in [0.1, 0.15) is 0 Å². The standard InChI is InChI=1S/C15H21N3OS/c1-4-11(3)16-14(19)7-8-18-13-6-5-10(2)9-12(13)17-15(18)20/h5-6,9,11H,4,7-8H2,1-3H3,(H,16,19)(H,17,20). The molecule has 0 radical (unpaired) electrons. The maximum Gasteiger partial charge on any atom is 0.222 e. The van der Waals surface area contributed by atoms with Crippen molar-refractivity contribution in [2.75, 3.05) is 0 Å². The number of aromatic nitrogens is 2. The molecule has 1 heterocycles. The number of hydrogen-bond donors (Lipinski definition) is 2. The van der Waals surface area contributed by atoms with Crippen molar-refractivity contribution >= 4 is 29.2 Å². The number of rotatable bonds is 5. The largest absolute Gasteiger partial charge is 0.354 e. The molecule has 20 heavy (non-hydrogen) atoms. The summed E-state index contributed by atoms with van der Waals surface area (Å²) in [6, 6.07) is 6.39. The third-order valence-corrected chi connectivity index (χ3v) is 3.83. The second-order valence-corrected chi connectivity index (χ2v) is 5.62. The third kappa shape index (κ3) is 3.28. The second kappa shape index (κ2) is 6.22. The molecule has 4 nitrogen and oxygen atoms in total. The topological polar surface area (TPSA) is 49.8 Å². The molecule has 1 aromatic carbocycles. The fraction of sp³-hybridized carbons (Fsp3) is 0.467. The van der Waals surface area contributed by atoms with Crippen molar-refractivity contribution in [1.82, 2.24) is 14.9 Å². The number of nitrogens with zero attached hydrogens (tertiary/aromatic N) is 1. The minimum Gasteiger partial charge on any atom is -0.354 e. The number of nitrogens with one attached hydrogen (secondary N) is 2. The zero-order valence-electron chi connectivity index (χ0n) is 12.2. The number of hydrogen-bond acceptors (Lipinski definition) is 2. The van der Waals surface area contributed by atoms with Crippen LogP contribution in [-0.2, 0) is 11.3 Å². The van der Waals surface area contributed by atoms with E-state index in [1.165, 1.54) is 5.56 Å². The number of imidazole rings is 1. The van der Waals surface area contributed by atoms with Crippen LogP contribution in [0.15, 0.2) is 18.2 Å². The molecular weight excluding hydrogens is 270 g/mol. The molecule has 1 unspecified atom stereocenters. The van der Waals surface area contributed by atoms with Crippen molar-refractivity contribution in [3.05, 3.63) is 28.5 Å². The van der Waals surface area contributed by atoms with Crippen LogP contribution in [0.4, 0.5) is 0 Å². The van der Waals surface area contributed by atoms with E-state index in [1.54, 1.807) is 0 Å². The van der Waals surface area contributed by atoms with Gasteiger partial charge >= 0.3 is 0 Å². The monoisotopic (exact) mass is 291 g/mol. The van der Waals surface area contributed by atoms with Gasteiger partial charge in [-0.05, 0) is 50.2 Å². The van der Waals surface area contributed by atoms with Crippen molar-refractivity contribution in [3.63, 3.8) is 0 Å². The first-order chi connectivity index (χ1) is 9.51. The number of aromatic amines is 1. The van der Waals surface area contributed by atoms with Gasteiger partial charge in [0.25, 0.3) is 0 Å². The highest BCUT2D eigenvalue weighted by atomic mass is 32.1. The maximum absolute atomic E-state index is 11.8. The highest BCUT2D eigenvalue weighted by molar-refractivity contribution is 7.71. The van der Waals surface area contributed by atoms with Crippen LogP contribution >= 0.6 is 12.2 Å². The molecule has 0 fully saturated rings. The zero-order valence-corrected chi connectivity index (χ0v) is 13.0. The quantitative estimate of drug-likeness (QED) is 0.830. The number of amides is 1. The molecular formula is C15H21N3OS. The lowest BCUT2D eigenvalue weighted by Crippen LogP contribution is -2.32. The SMILES string of the molecule is CCC(C)NC(=O)CCn1c(=S)[nH]c2cc(C)ccc21. The molecule has 0 spiro atoms. The van der Waals surface area contributed by atoms with Crippen LogP contribution < -0.4 is 5.32 Å². The predicted octanol–water partition coefficient (Wildman–Crippen LogP) is 3.31.